The predicted molar refractivity (Wildman–Crippen MR) is 146 cm³/mol. The number of benzene rings is 2. The van der Waals surface area contributed by atoms with Gasteiger partial charge in [0.15, 0.2) is 0 Å². The summed E-state index contributed by atoms with van der Waals surface area (Å²) in [7, 11) is 0. The van der Waals surface area contributed by atoms with Gasteiger partial charge in [0.2, 0.25) is 6.17 Å². The lowest BCUT2D eigenvalue weighted by atomic mass is 9.77. The minimum absolute atomic E-state index is 0.0291. The highest BCUT2D eigenvalue weighted by atomic mass is 19.3. The van der Waals surface area contributed by atoms with Crippen molar-refractivity contribution in [3.63, 3.8) is 0 Å². The molecular weight excluding hydrogens is 469 g/mol. The van der Waals surface area contributed by atoms with E-state index in [2.05, 4.69) is 13.8 Å². The van der Waals surface area contributed by atoms with Crippen molar-refractivity contribution in [3.8, 4) is 0 Å². The molecule has 1 atom stereocenters. The first-order chi connectivity index (χ1) is 17.9. The van der Waals surface area contributed by atoms with E-state index in [1.165, 1.54) is 81.9 Å². The predicted octanol–water partition coefficient (Wildman–Crippen LogP) is 10.7. The van der Waals surface area contributed by atoms with Gasteiger partial charge in [0.1, 0.15) is 0 Å². The summed E-state index contributed by atoms with van der Waals surface area (Å²) >= 11 is 0. The summed E-state index contributed by atoms with van der Waals surface area (Å²) in [6, 6.07) is 14.4. The first kappa shape index (κ1) is 28.2. The van der Waals surface area contributed by atoms with Crippen LogP contribution in [0, 0.1) is 11.8 Å². The van der Waals surface area contributed by atoms with E-state index in [0.717, 1.165) is 30.2 Å². The molecule has 0 heterocycles. The molecule has 2 aromatic carbocycles. The lowest BCUT2D eigenvalue weighted by Gasteiger charge is -2.29. The summed E-state index contributed by atoms with van der Waals surface area (Å²) in [6.07, 6.45) is 8.49. The third-order valence-electron chi connectivity index (χ3n) is 8.96. The number of rotatable bonds is 11. The number of hydrogen-bond donors (Lipinski definition) is 0. The molecule has 0 aliphatic heterocycles. The fourth-order valence-corrected chi connectivity index (χ4v) is 6.33. The van der Waals surface area contributed by atoms with Crippen LogP contribution in [0.5, 0.6) is 0 Å². The monoisotopic (exact) mass is 514 g/mol. The van der Waals surface area contributed by atoms with Gasteiger partial charge in [-0.15, -0.1) is 0 Å². The van der Waals surface area contributed by atoms with Crippen LogP contribution in [-0.2, 0) is 11.3 Å². The number of unbranched alkanes of at least 4 members (excludes halogenated alkanes) is 2. The highest BCUT2D eigenvalue weighted by molar-refractivity contribution is 5.28. The van der Waals surface area contributed by atoms with Crippen LogP contribution >= 0.6 is 0 Å². The van der Waals surface area contributed by atoms with Crippen molar-refractivity contribution in [2.24, 2.45) is 11.8 Å². The van der Waals surface area contributed by atoms with Crippen molar-refractivity contribution in [1.29, 1.82) is 0 Å². The topological polar surface area (TPSA) is 9.23 Å². The molecule has 2 aliphatic rings. The number of hydrogen-bond acceptors (Lipinski definition) is 1. The smallest absolute Gasteiger partial charge is 0.313 e. The fourth-order valence-electron chi connectivity index (χ4n) is 6.33. The lowest BCUT2D eigenvalue weighted by Crippen LogP contribution is -2.27. The van der Waals surface area contributed by atoms with Crippen molar-refractivity contribution in [2.75, 3.05) is 0 Å². The Morgan fingerprint density at radius 3 is 1.89 bits per heavy atom. The number of ether oxygens (including phenoxy) is 1. The molecule has 1 nitrogen and oxygen atoms in total. The van der Waals surface area contributed by atoms with Crippen LogP contribution in [0.25, 0.3) is 0 Å². The zero-order valence-electron chi connectivity index (χ0n) is 22.7. The third kappa shape index (κ3) is 7.85. The maximum absolute atomic E-state index is 14.8. The lowest BCUT2D eigenvalue weighted by molar-refractivity contribution is -0.282. The van der Waals surface area contributed by atoms with E-state index in [1.54, 1.807) is 0 Å². The molecule has 4 heteroatoms. The van der Waals surface area contributed by atoms with Gasteiger partial charge in [0.05, 0.1) is 6.61 Å². The normalized spacial score (nSPS) is 25.6. The number of alkyl halides is 3. The average molecular weight is 515 g/mol. The molecule has 2 saturated carbocycles. The van der Waals surface area contributed by atoms with Gasteiger partial charge in [0, 0.05) is 0 Å². The number of halogens is 3. The molecule has 2 aliphatic carbocycles. The minimum Gasteiger partial charge on any atom is -0.313 e. The van der Waals surface area contributed by atoms with Crippen LogP contribution in [0.3, 0.4) is 0 Å². The van der Waals surface area contributed by atoms with Crippen LogP contribution in [0.4, 0.5) is 13.2 Å². The molecule has 0 spiro atoms. The van der Waals surface area contributed by atoms with Crippen molar-refractivity contribution >= 4 is 0 Å². The Hall–Kier alpha value is -1.81. The van der Waals surface area contributed by atoms with Crippen LogP contribution in [0.15, 0.2) is 48.5 Å². The molecule has 4 rings (SSSR count). The van der Waals surface area contributed by atoms with Gasteiger partial charge >= 0.3 is 6.11 Å². The standard InChI is InChI=1S/C33H45F3O/c1-3-4-5-6-25-9-15-28(16-10-25)29-17-11-26(12-18-29)23-37-33(35,36)32(34)31-21-19-30(20-22-31)27-13-7-24(2)8-14-27/h11-12,17-22,24-25,27-28,32H,3-10,13-16,23H2,1-2H3. The maximum atomic E-state index is 14.8. The first-order valence-electron chi connectivity index (χ1n) is 14.7. The second kappa shape index (κ2) is 13.3. The molecule has 0 aromatic heterocycles. The molecular formula is C33H45F3O. The molecule has 0 amide bonds. The van der Waals surface area contributed by atoms with E-state index in [9.17, 15) is 13.2 Å². The molecule has 2 fully saturated rings. The molecule has 1 unspecified atom stereocenters. The minimum atomic E-state index is -3.88. The van der Waals surface area contributed by atoms with Gasteiger partial charge in [-0.3, -0.25) is 0 Å². The fraction of sp³-hybridized carbons (Fsp3) is 0.636. The Morgan fingerprint density at radius 1 is 0.784 bits per heavy atom. The van der Waals surface area contributed by atoms with Gasteiger partial charge in [-0.05, 0) is 84.5 Å². The Balaban J connectivity index is 1.25. The second-order valence-electron chi connectivity index (χ2n) is 11.8. The first-order valence-corrected chi connectivity index (χ1v) is 14.7. The van der Waals surface area contributed by atoms with Gasteiger partial charge in [0.25, 0.3) is 0 Å². The van der Waals surface area contributed by atoms with Crippen LogP contribution in [0.1, 0.15) is 131 Å². The third-order valence-corrected chi connectivity index (χ3v) is 8.96. The SMILES string of the molecule is CCCCCC1CCC(c2ccc(COC(F)(F)C(F)c3ccc(C4CCC(C)CC4)cc3)cc2)CC1. The zero-order chi connectivity index (χ0) is 26.3. The van der Waals surface area contributed by atoms with E-state index >= 15 is 0 Å². The summed E-state index contributed by atoms with van der Waals surface area (Å²) in [5.74, 6) is 2.61. The summed E-state index contributed by atoms with van der Waals surface area (Å²) in [4.78, 5) is 0. The van der Waals surface area contributed by atoms with Crippen LogP contribution in [-0.4, -0.2) is 6.11 Å². The van der Waals surface area contributed by atoms with Gasteiger partial charge < -0.3 is 4.74 Å². The highest BCUT2D eigenvalue weighted by Crippen LogP contribution is 2.40. The largest absolute Gasteiger partial charge is 0.391 e. The van der Waals surface area contributed by atoms with Gasteiger partial charge in [-0.25, -0.2) is 4.39 Å². The quantitative estimate of drug-likeness (QED) is 0.271. The molecule has 0 saturated heterocycles. The average Bonchev–Trinajstić information content (AvgIpc) is 2.93. The van der Waals surface area contributed by atoms with E-state index in [1.807, 2.05) is 36.4 Å². The molecule has 0 radical (unpaired) electrons. The summed E-state index contributed by atoms with van der Waals surface area (Å²) in [5, 5.41) is 0. The van der Waals surface area contributed by atoms with Gasteiger partial charge in [-0.1, -0.05) is 101 Å². The van der Waals surface area contributed by atoms with Crippen LogP contribution < -0.4 is 0 Å². The highest BCUT2D eigenvalue weighted by Gasteiger charge is 2.43. The maximum Gasteiger partial charge on any atom is 0.391 e. The van der Waals surface area contributed by atoms with Crippen LogP contribution in [0.2, 0.25) is 0 Å². The Labute approximate surface area is 222 Å². The van der Waals surface area contributed by atoms with E-state index in [-0.39, 0.29) is 12.2 Å². The van der Waals surface area contributed by atoms with E-state index < -0.39 is 12.3 Å². The summed E-state index contributed by atoms with van der Waals surface area (Å²) in [6.45, 7) is 4.21. The van der Waals surface area contributed by atoms with Crippen molar-refractivity contribution in [1.82, 2.24) is 0 Å². The van der Waals surface area contributed by atoms with Crippen molar-refractivity contribution in [2.45, 2.75) is 122 Å². The Kier molecular flexibility index (Phi) is 10.1. The second-order valence-corrected chi connectivity index (χ2v) is 11.8. The summed E-state index contributed by atoms with van der Waals surface area (Å²) < 4.78 is 48.8. The Bertz CT molecular complexity index is 923. The molecule has 0 bridgehead atoms. The molecule has 0 N–H and O–H groups in total. The summed E-state index contributed by atoms with van der Waals surface area (Å²) in [5.41, 5.74) is 3.01. The van der Waals surface area contributed by atoms with Crippen molar-refractivity contribution < 1.29 is 17.9 Å². The van der Waals surface area contributed by atoms with Crippen molar-refractivity contribution in [3.05, 3.63) is 70.8 Å². The Morgan fingerprint density at radius 2 is 1.32 bits per heavy atom. The molecule has 204 valence electrons. The van der Waals surface area contributed by atoms with E-state index in [4.69, 9.17) is 4.74 Å². The molecule has 37 heavy (non-hydrogen) atoms. The van der Waals surface area contributed by atoms with Gasteiger partial charge in [-0.2, -0.15) is 8.78 Å². The zero-order valence-corrected chi connectivity index (χ0v) is 22.7. The molecule has 2 aromatic rings. The van der Waals surface area contributed by atoms with E-state index in [0.29, 0.717) is 17.4 Å².